The van der Waals surface area contributed by atoms with Crippen molar-refractivity contribution >= 4 is 11.7 Å². The van der Waals surface area contributed by atoms with E-state index in [9.17, 15) is 23.1 Å². The van der Waals surface area contributed by atoms with Crippen LogP contribution >= 0.6 is 0 Å². The molecule has 1 amide bonds. The first kappa shape index (κ1) is 25.8. The van der Waals surface area contributed by atoms with Crippen molar-refractivity contribution in [1.82, 2.24) is 15.2 Å². The van der Waals surface area contributed by atoms with Gasteiger partial charge < -0.3 is 20.1 Å². The number of carbonyl (C=O) groups is 1. The number of nitrogens with one attached hydrogen (secondary N) is 1. The minimum absolute atomic E-state index is 0.0206. The Balaban J connectivity index is 1.02. The molecule has 3 heterocycles. The molecule has 1 aromatic carbocycles. The summed E-state index contributed by atoms with van der Waals surface area (Å²) in [4.78, 5) is 20.7. The second-order valence-corrected chi connectivity index (χ2v) is 10.2. The van der Waals surface area contributed by atoms with Crippen molar-refractivity contribution in [3.8, 4) is 5.75 Å². The van der Waals surface area contributed by atoms with Gasteiger partial charge in [-0.1, -0.05) is 6.07 Å². The van der Waals surface area contributed by atoms with Crippen LogP contribution in [0.25, 0.3) is 0 Å². The zero-order chi connectivity index (χ0) is 26.0. The third kappa shape index (κ3) is 6.54. The summed E-state index contributed by atoms with van der Waals surface area (Å²) in [5, 5.41) is 13.7. The summed E-state index contributed by atoms with van der Waals surface area (Å²) >= 11 is 0. The van der Waals surface area contributed by atoms with E-state index in [1.807, 2.05) is 23.1 Å². The van der Waals surface area contributed by atoms with Crippen LogP contribution in [-0.4, -0.2) is 59.7 Å². The van der Waals surface area contributed by atoms with Crippen molar-refractivity contribution in [3.63, 3.8) is 0 Å². The number of fused-ring (bicyclic) bond motifs is 1. The van der Waals surface area contributed by atoms with Crippen LogP contribution in [0.1, 0.15) is 54.9 Å². The predicted molar refractivity (Wildman–Crippen MR) is 132 cm³/mol. The number of rotatable bonds is 8. The Morgan fingerprint density at radius 3 is 2.59 bits per heavy atom. The van der Waals surface area contributed by atoms with Crippen LogP contribution in [0.3, 0.4) is 0 Å². The number of carbonyl (C=O) groups excluding carboxylic acids is 1. The highest BCUT2D eigenvalue weighted by Crippen LogP contribution is 2.33. The second-order valence-electron chi connectivity index (χ2n) is 10.2. The number of amides is 1. The molecule has 2 aliphatic heterocycles. The van der Waals surface area contributed by atoms with Crippen LogP contribution < -0.4 is 15.0 Å². The Hall–Kier alpha value is -2.85. The molecule has 5 rings (SSSR count). The summed E-state index contributed by atoms with van der Waals surface area (Å²) in [6.07, 6.45) is 0.488. The molecule has 3 aliphatic rings. The number of alkyl halides is 3. The number of hydrogen-bond donors (Lipinski definition) is 2. The maximum atomic E-state index is 12.7. The number of piperidine rings is 1. The van der Waals surface area contributed by atoms with Crippen molar-refractivity contribution in [2.75, 3.05) is 37.6 Å². The molecule has 1 unspecified atom stereocenters. The average Bonchev–Trinajstić information content (AvgIpc) is 3.70. The molecule has 1 atom stereocenters. The van der Waals surface area contributed by atoms with Gasteiger partial charge in [0.05, 0.1) is 17.8 Å². The third-order valence-corrected chi connectivity index (χ3v) is 7.34. The Morgan fingerprint density at radius 1 is 1.14 bits per heavy atom. The van der Waals surface area contributed by atoms with Crippen molar-refractivity contribution in [2.24, 2.45) is 5.92 Å². The molecule has 0 spiro atoms. The maximum absolute atomic E-state index is 12.7. The lowest BCUT2D eigenvalue weighted by Gasteiger charge is -2.33. The normalized spacial score (nSPS) is 21.0. The molecule has 1 saturated carbocycles. The minimum Gasteiger partial charge on any atom is -0.490 e. The number of pyridine rings is 1. The van der Waals surface area contributed by atoms with Gasteiger partial charge in [0.1, 0.15) is 11.6 Å². The van der Waals surface area contributed by atoms with Crippen molar-refractivity contribution in [3.05, 3.63) is 53.2 Å². The van der Waals surface area contributed by atoms with Gasteiger partial charge >= 0.3 is 6.18 Å². The van der Waals surface area contributed by atoms with Gasteiger partial charge in [-0.15, -0.1) is 0 Å². The van der Waals surface area contributed by atoms with E-state index < -0.39 is 17.8 Å². The molecule has 0 radical (unpaired) electrons. The fraction of sp³-hybridized carbons (Fsp3) is 0.556. The topological polar surface area (TPSA) is 77.9 Å². The number of aliphatic hydroxyl groups is 1. The van der Waals surface area contributed by atoms with Crippen molar-refractivity contribution < 1.29 is 27.8 Å². The molecule has 2 fully saturated rings. The number of anilines is 1. The molecule has 7 nitrogen and oxygen atoms in total. The zero-order valence-corrected chi connectivity index (χ0v) is 20.7. The van der Waals surface area contributed by atoms with Crippen LogP contribution in [0, 0.1) is 5.92 Å². The lowest BCUT2D eigenvalue weighted by Crippen LogP contribution is -2.41. The standard InChI is InChI=1S/C27H33F3N4O3/c28-27(29,30)20-3-7-25(32-15-20)34-12-8-18(9-13-34)26(36)31-10-1-11-33-16-19-2-4-22(37-21-5-6-21)14-23(19)24(35)17-33/h2-4,7,14-15,18,21,24,35H,1,5-6,8-13,16-17H2,(H,31,36). The van der Waals surface area contributed by atoms with Gasteiger partial charge in [0.2, 0.25) is 5.91 Å². The summed E-state index contributed by atoms with van der Waals surface area (Å²) < 4.78 is 44.1. The zero-order valence-electron chi connectivity index (χ0n) is 20.7. The van der Waals surface area contributed by atoms with E-state index in [0.717, 1.165) is 61.5 Å². The molecule has 0 bridgehead atoms. The van der Waals surface area contributed by atoms with Crippen LogP contribution in [0.5, 0.6) is 5.75 Å². The van der Waals surface area contributed by atoms with Crippen molar-refractivity contribution in [1.29, 1.82) is 0 Å². The molecule has 37 heavy (non-hydrogen) atoms. The quantitative estimate of drug-likeness (QED) is 0.516. The Morgan fingerprint density at radius 2 is 1.92 bits per heavy atom. The number of nitrogens with zero attached hydrogens (tertiary/aromatic N) is 3. The van der Waals surface area contributed by atoms with Gasteiger partial charge in [-0.25, -0.2) is 4.98 Å². The molecular formula is C27H33F3N4O3. The molecule has 200 valence electrons. The molecule has 2 N–H and O–H groups in total. The van der Waals surface area contributed by atoms with Gasteiger partial charge in [-0.3, -0.25) is 9.69 Å². The van der Waals surface area contributed by atoms with E-state index in [0.29, 0.717) is 50.9 Å². The Kier molecular flexibility index (Phi) is 7.57. The first-order valence-electron chi connectivity index (χ1n) is 13.0. The summed E-state index contributed by atoms with van der Waals surface area (Å²) in [5.74, 6) is 1.25. The average molecular weight is 519 g/mol. The predicted octanol–water partition coefficient (Wildman–Crippen LogP) is 3.91. The van der Waals surface area contributed by atoms with E-state index in [4.69, 9.17) is 4.74 Å². The fourth-order valence-electron chi connectivity index (χ4n) is 5.07. The SMILES string of the molecule is O=C(NCCCN1Cc2ccc(OC3CC3)cc2C(O)C1)C1CCN(c2ccc(C(F)(F)F)cn2)CC1. The Bertz CT molecular complexity index is 1080. The highest BCUT2D eigenvalue weighted by molar-refractivity contribution is 5.78. The number of β-amino-alcohol motifs (C(OH)–C–C–N with tert-alkyl or cyclic N) is 1. The largest absolute Gasteiger partial charge is 0.490 e. The van der Waals surface area contributed by atoms with Crippen molar-refractivity contribution in [2.45, 2.75) is 57.0 Å². The summed E-state index contributed by atoms with van der Waals surface area (Å²) in [7, 11) is 0. The molecular weight excluding hydrogens is 485 g/mol. The van der Waals surface area contributed by atoms with Crippen LogP contribution in [-0.2, 0) is 17.5 Å². The van der Waals surface area contributed by atoms with E-state index in [1.54, 1.807) is 0 Å². The van der Waals surface area contributed by atoms with Gasteiger partial charge in [0.15, 0.2) is 0 Å². The van der Waals surface area contributed by atoms with Gasteiger partial charge in [0, 0.05) is 51.4 Å². The molecule has 2 aromatic rings. The molecule has 1 aromatic heterocycles. The number of ether oxygens (including phenoxy) is 1. The summed E-state index contributed by atoms with van der Waals surface area (Å²) in [5.41, 5.74) is 1.29. The van der Waals surface area contributed by atoms with E-state index >= 15 is 0 Å². The summed E-state index contributed by atoms with van der Waals surface area (Å²) in [6, 6.07) is 8.42. The lowest BCUT2D eigenvalue weighted by molar-refractivity contribution is -0.137. The van der Waals surface area contributed by atoms with Gasteiger partial charge in [-0.2, -0.15) is 13.2 Å². The second kappa shape index (κ2) is 10.9. The van der Waals surface area contributed by atoms with Crippen LogP contribution in [0.2, 0.25) is 0 Å². The van der Waals surface area contributed by atoms with Gasteiger partial charge in [-0.05, 0) is 67.5 Å². The fourth-order valence-corrected chi connectivity index (χ4v) is 5.07. The number of aliphatic hydroxyl groups excluding tert-OH is 1. The maximum Gasteiger partial charge on any atom is 0.417 e. The first-order chi connectivity index (χ1) is 17.8. The molecule has 1 aliphatic carbocycles. The summed E-state index contributed by atoms with van der Waals surface area (Å²) in [6.45, 7) is 3.82. The van der Waals surface area contributed by atoms with Gasteiger partial charge in [0.25, 0.3) is 0 Å². The number of benzene rings is 1. The highest BCUT2D eigenvalue weighted by atomic mass is 19.4. The monoisotopic (exact) mass is 518 g/mol. The lowest BCUT2D eigenvalue weighted by atomic mass is 9.95. The Labute approximate surface area is 214 Å². The molecule has 1 saturated heterocycles. The first-order valence-corrected chi connectivity index (χ1v) is 13.0. The number of aromatic nitrogens is 1. The smallest absolute Gasteiger partial charge is 0.417 e. The molecule has 10 heteroatoms. The number of hydrogen-bond acceptors (Lipinski definition) is 6. The van der Waals surface area contributed by atoms with Crippen LogP contribution in [0.4, 0.5) is 19.0 Å². The van der Waals surface area contributed by atoms with Crippen LogP contribution in [0.15, 0.2) is 36.5 Å². The minimum atomic E-state index is -4.40. The van der Waals surface area contributed by atoms with E-state index in [-0.39, 0.29) is 11.8 Å². The highest BCUT2D eigenvalue weighted by Gasteiger charge is 2.32. The van der Waals surface area contributed by atoms with E-state index in [2.05, 4.69) is 15.2 Å². The van der Waals surface area contributed by atoms with E-state index in [1.165, 1.54) is 6.07 Å². The third-order valence-electron chi connectivity index (χ3n) is 7.34. The number of halogens is 3.